The number of nitrogens with one attached hydrogen (secondary N) is 1. The zero-order valence-corrected chi connectivity index (χ0v) is 9.89. The lowest BCUT2D eigenvalue weighted by atomic mass is 10.1. The fourth-order valence-electron chi connectivity index (χ4n) is 2.17. The molecule has 0 bridgehead atoms. The van der Waals surface area contributed by atoms with Crippen LogP contribution in [0.25, 0.3) is 21.9 Å². The number of fused-ring (bicyclic) bond motifs is 3. The molecule has 2 aromatic carbocycles. The smallest absolute Gasteiger partial charge is 0.135 e. The zero-order chi connectivity index (χ0) is 12.4. The van der Waals surface area contributed by atoms with Gasteiger partial charge in [-0.25, -0.2) is 0 Å². The molecule has 0 saturated heterocycles. The molecule has 18 heavy (non-hydrogen) atoms. The molecular weight excluding hydrogens is 222 g/mol. The molecule has 0 aliphatic carbocycles. The Hall–Kier alpha value is -2.35. The average Bonchev–Trinajstić information content (AvgIpc) is 2.77. The first-order valence-electron chi connectivity index (χ1n) is 5.94. The number of para-hydroxylation sites is 1. The standard InChI is InChI=1S/C16H13NO/c17-10-4-3-5-12-8-9-16-14(11-12)13-6-1-2-7-15(13)18-16/h1-4,6-11,17H,5H2/b4-3-,17-10?. The van der Waals surface area contributed by atoms with Crippen LogP contribution in [0.1, 0.15) is 5.56 Å². The summed E-state index contributed by atoms with van der Waals surface area (Å²) in [6.07, 6.45) is 5.87. The van der Waals surface area contributed by atoms with Crippen LogP contribution < -0.4 is 0 Å². The van der Waals surface area contributed by atoms with Crippen LogP contribution in [0, 0.1) is 5.41 Å². The molecule has 0 aliphatic heterocycles. The van der Waals surface area contributed by atoms with Crippen molar-refractivity contribution in [3.8, 4) is 0 Å². The van der Waals surface area contributed by atoms with E-state index in [4.69, 9.17) is 9.83 Å². The number of benzene rings is 2. The second-order valence-corrected chi connectivity index (χ2v) is 4.23. The molecule has 1 heterocycles. The third kappa shape index (κ3) is 1.82. The lowest BCUT2D eigenvalue weighted by Gasteiger charge is -1.96. The molecule has 0 radical (unpaired) electrons. The average molecular weight is 235 g/mol. The van der Waals surface area contributed by atoms with Crippen molar-refractivity contribution in [2.24, 2.45) is 0 Å². The van der Waals surface area contributed by atoms with Crippen LogP contribution in [-0.2, 0) is 6.42 Å². The van der Waals surface area contributed by atoms with Gasteiger partial charge in [0.15, 0.2) is 0 Å². The minimum absolute atomic E-state index is 0.838. The van der Waals surface area contributed by atoms with Gasteiger partial charge in [-0.3, -0.25) is 0 Å². The van der Waals surface area contributed by atoms with E-state index in [1.54, 1.807) is 6.08 Å². The van der Waals surface area contributed by atoms with E-state index in [1.165, 1.54) is 11.8 Å². The summed E-state index contributed by atoms with van der Waals surface area (Å²) in [5, 5.41) is 9.27. The molecule has 0 atom stereocenters. The van der Waals surface area contributed by atoms with E-state index in [1.807, 2.05) is 30.3 Å². The molecule has 0 unspecified atom stereocenters. The highest BCUT2D eigenvalue weighted by Crippen LogP contribution is 2.29. The zero-order valence-electron chi connectivity index (χ0n) is 9.89. The molecule has 2 heteroatoms. The van der Waals surface area contributed by atoms with E-state index >= 15 is 0 Å². The van der Waals surface area contributed by atoms with Gasteiger partial charge in [0.2, 0.25) is 0 Å². The molecule has 3 rings (SSSR count). The molecule has 0 fully saturated rings. The van der Waals surface area contributed by atoms with Gasteiger partial charge in [-0.05, 0) is 36.3 Å². The summed E-state index contributed by atoms with van der Waals surface area (Å²) < 4.78 is 5.78. The van der Waals surface area contributed by atoms with Crippen molar-refractivity contribution >= 4 is 28.2 Å². The Balaban J connectivity index is 2.12. The minimum atomic E-state index is 0.838. The van der Waals surface area contributed by atoms with E-state index in [0.717, 1.165) is 28.4 Å². The first kappa shape index (κ1) is 10.8. The van der Waals surface area contributed by atoms with Crippen molar-refractivity contribution in [1.29, 1.82) is 5.41 Å². The van der Waals surface area contributed by atoms with Crippen molar-refractivity contribution in [3.63, 3.8) is 0 Å². The third-order valence-electron chi connectivity index (χ3n) is 3.03. The van der Waals surface area contributed by atoms with Gasteiger partial charge in [-0.15, -0.1) is 0 Å². The number of hydrogen-bond donors (Lipinski definition) is 1. The summed E-state index contributed by atoms with van der Waals surface area (Å²) in [6, 6.07) is 14.3. The van der Waals surface area contributed by atoms with Gasteiger partial charge in [-0.2, -0.15) is 0 Å². The van der Waals surface area contributed by atoms with Crippen LogP contribution in [0.2, 0.25) is 0 Å². The Labute approximate surface area is 105 Å². The van der Waals surface area contributed by atoms with Gasteiger partial charge in [0.05, 0.1) is 0 Å². The molecule has 1 N–H and O–H groups in total. The SMILES string of the molecule is N=C/C=C\Cc1ccc2oc3ccccc3c2c1. The highest BCUT2D eigenvalue weighted by molar-refractivity contribution is 6.04. The van der Waals surface area contributed by atoms with Gasteiger partial charge < -0.3 is 9.83 Å². The molecular formula is C16H13NO. The maximum Gasteiger partial charge on any atom is 0.135 e. The highest BCUT2D eigenvalue weighted by Gasteiger charge is 2.05. The van der Waals surface area contributed by atoms with Gasteiger partial charge in [0.1, 0.15) is 11.2 Å². The molecule has 0 saturated carbocycles. The molecule has 0 amide bonds. The summed E-state index contributed by atoms with van der Waals surface area (Å²) in [5.41, 5.74) is 3.09. The van der Waals surface area contributed by atoms with Crippen molar-refractivity contribution in [2.45, 2.75) is 6.42 Å². The van der Waals surface area contributed by atoms with Crippen LogP contribution >= 0.6 is 0 Å². The van der Waals surface area contributed by atoms with Gasteiger partial charge in [0.25, 0.3) is 0 Å². The maximum absolute atomic E-state index is 6.96. The lowest BCUT2D eigenvalue weighted by molar-refractivity contribution is 0.669. The second-order valence-electron chi connectivity index (χ2n) is 4.23. The van der Waals surface area contributed by atoms with Gasteiger partial charge >= 0.3 is 0 Å². The fourth-order valence-corrected chi connectivity index (χ4v) is 2.17. The van der Waals surface area contributed by atoms with Gasteiger partial charge in [0, 0.05) is 17.0 Å². The quantitative estimate of drug-likeness (QED) is 0.674. The third-order valence-corrected chi connectivity index (χ3v) is 3.03. The second kappa shape index (κ2) is 4.49. The topological polar surface area (TPSA) is 37.0 Å². The van der Waals surface area contributed by atoms with Gasteiger partial charge in [-0.1, -0.05) is 30.3 Å². The van der Waals surface area contributed by atoms with Crippen LogP contribution in [0.3, 0.4) is 0 Å². The van der Waals surface area contributed by atoms with Crippen molar-refractivity contribution < 1.29 is 4.42 Å². The molecule has 1 aromatic heterocycles. The minimum Gasteiger partial charge on any atom is -0.456 e. The van der Waals surface area contributed by atoms with Crippen LogP contribution in [0.15, 0.2) is 59.0 Å². The van der Waals surface area contributed by atoms with Crippen LogP contribution in [0.4, 0.5) is 0 Å². The lowest BCUT2D eigenvalue weighted by Crippen LogP contribution is -1.80. The number of hydrogen-bond acceptors (Lipinski definition) is 2. The predicted octanol–water partition coefficient (Wildman–Crippen LogP) is 4.33. The van der Waals surface area contributed by atoms with Crippen molar-refractivity contribution in [3.05, 3.63) is 60.2 Å². The number of furan rings is 1. The molecule has 3 aromatic rings. The normalized spacial score (nSPS) is 11.6. The maximum atomic E-state index is 6.96. The van der Waals surface area contributed by atoms with E-state index in [2.05, 4.69) is 18.2 Å². The first-order chi connectivity index (χ1) is 8.88. The summed E-state index contributed by atoms with van der Waals surface area (Å²) in [6.45, 7) is 0. The molecule has 0 aliphatic rings. The Morgan fingerprint density at radius 3 is 2.72 bits per heavy atom. The van der Waals surface area contributed by atoms with E-state index in [-0.39, 0.29) is 0 Å². The summed E-state index contributed by atoms with van der Waals surface area (Å²) in [7, 11) is 0. The first-order valence-corrected chi connectivity index (χ1v) is 5.94. The predicted molar refractivity (Wildman–Crippen MR) is 75.3 cm³/mol. The molecule has 88 valence electrons. The number of allylic oxidation sites excluding steroid dienone is 2. The van der Waals surface area contributed by atoms with E-state index < -0.39 is 0 Å². The monoisotopic (exact) mass is 235 g/mol. The summed E-state index contributed by atoms with van der Waals surface area (Å²) in [4.78, 5) is 0. The number of rotatable bonds is 3. The largest absolute Gasteiger partial charge is 0.456 e. The van der Waals surface area contributed by atoms with Crippen molar-refractivity contribution in [1.82, 2.24) is 0 Å². The van der Waals surface area contributed by atoms with E-state index in [0.29, 0.717) is 0 Å². The summed E-state index contributed by atoms with van der Waals surface area (Å²) >= 11 is 0. The highest BCUT2D eigenvalue weighted by atomic mass is 16.3. The Bertz CT molecular complexity index is 737. The van der Waals surface area contributed by atoms with Crippen LogP contribution in [0.5, 0.6) is 0 Å². The molecule has 2 nitrogen and oxygen atoms in total. The van der Waals surface area contributed by atoms with Crippen LogP contribution in [-0.4, -0.2) is 6.21 Å². The van der Waals surface area contributed by atoms with Crippen molar-refractivity contribution in [2.75, 3.05) is 0 Å². The Kier molecular flexibility index (Phi) is 2.69. The summed E-state index contributed by atoms with van der Waals surface area (Å²) in [5.74, 6) is 0. The Morgan fingerprint density at radius 1 is 1.00 bits per heavy atom. The van der Waals surface area contributed by atoms with E-state index in [9.17, 15) is 0 Å². The molecule has 0 spiro atoms. The fraction of sp³-hybridized carbons (Fsp3) is 0.0625. The Morgan fingerprint density at radius 2 is 1.83 bits per heavy atom.